The molecule has 0 radical (unpaired) electrons. The summed E-state index contributed by atoms with van der Waals surface area (Å²) in [6.07, 6.45) is 3.79. The average Bonchev–Trinajstić information content (AvgIpc) is 3.32. The summed E-state index contributed by atoms with van der Waals surface area (Å²) in [7, 11) is 8.22. The van der Waals surface area contributed by atoms with Crippen LogP contribution in [0.3, 0.4) is 0 Å². The van der Waals surface area contributed by atoms with E-state index in [1.165, 1.54) is 12.8 Å². The Balaban J connectivity index is 0.00000529. The Morgan fingerprint density at radius 1 is 1.21 bits per heavy atom. The van der Waals surface area contributed by atoms with E-state index in [0.717, 1.165) is 57.6 Å². The van der Waals surface area contributed by atoms with E-state index in [2.05, 4.69) is 48.5 Å². The number of halogens is 1. The minimum atomic E-state index is 0. The zero-order valence-corrected chi connectivity index (χ0v) is 18.5. The maximum atomic E-state index is 5.09. The van der Waals surface area contributed by atoms with E-state index in [0.29, 0.717) is 6.04 Å². The summed E-state index contributed by atoms with van der Waals surface area (Å²) in [5.74, 6) is 1.77. The molecule has 7 heteroatoms. The summed E-state index contributed by atoms with van der Waals surface area (Å²) in [5, 5.41) is 6.79. The second-order valence-electron chi connectivity index (χ2n) is 6.66. The maximum absolute atomic E-state index is 5.09. The summed E-state index contributed by atoms with van der Waals surface area (Å²) >= 11 is 0. The number of nitrogens with one attached hydrogen (secondary N) is 2. The van der Waals surface area contributed by atoms with Gasteiger partial charge in [-0.2, -0.15) is 0 Å². The SMILES string of the molecule is CCNC(=NCC(C1CC1)N(C)C)NCCN(C)CCCOC.I. The molecule has 144 valence electrons. The van der Waals surface area contributed by atoms with Gasteiger partial charge in [0.25, 0.3) is 0 Å². The van der Waals surface area contributed by atoms with Gasteiger partial charge in [0.1, 0.15) is 0 Å². The number of rotatable bonds is 12. The van der Waals surface area contributed by atoms with Crippen molar-refractivity contribution in [3.8, 4) is 0 Å². The Labute approximate surface area is 165 Å². The van der Waals surface area contributed by atoms with Gasteiger partial charge in [-0.15, -0.1) is 24.0 Å². The van der Waals surface area contributed by atoms with E-state index in [4.69, 9.17) is 9.73 Å². The summed E-state index contributed by atoms with van der Waals surface area (Å²) in [5.41, 5.74) is 0. The molecule has 0 aromatic rings. The Morgan fingerprint density at radius 2 is 1.92 bits per heavy atom. The molecule has 0 aromatic heterocycles. The van der Waals surface area contributed by atoms with Gasteiger partial charge in [0, 0.05) is 45.9 Å². The van der Waals surface area contributed by atoms with E-state index >= 15 is 0 Å². The summed E-state index contributed by atoms with van der Waals surface area (Å²) in [6, 6.07) is 0.571. The van der Waals surface area contributed by atoms with E-state index in [-0.39, 0.29) is 24.0 Å². The number of guanidine groups is 1. The van der Waals surface area contributed by atoms with E-state index in [9.17, 15) is 0 Å². The molecule has 24 heavy (non-hydrogen) atoms. The van der Waals surface area contributed by atoms with Gasteiger partial charge in [0.2, 0.25) is 0 Å². The third-order valence-corrected chi connectivity index (χ3v) is 4.28. The first-order chi connectivity index (χ1) is 11.1. The molecular formula is C17H38IN5O. The van der Waals surface area contributed by atoms with Crippen LogP contribution < -0.4 is 10.6 Å². The molecule has 1 rings (SSSR count). The van der Waals surface area contributed by atoms with Gasteiger partial charge in [-0.3, -0.25) is 4.99 Å². The van der Waals surface area contributed by atoms with Crippen LogP contribution in [0.15, 0.2) is 4.99 Å². The lowest BCUT2D eigenvalue weighted by Gasteiger charge is -2.23. The van der Waals surface area contributed by atoms with Crippen LogP contribution in [0.4, 0.5) is 0 Å². The Morgan fingerprint density at radius 3 is 2.46 bits per heavy atom. The van der Waals surface area contributed by atoms with E-state index in [1.807, 2.05) is 0 Å². The summed E-state index contributed by atoms with van der Waals surface area (Å²) in [6.45, 7) is 7.68. The lowest BCUT2D eigenvalue weighted by atomic mass is 10.2. The number of aliphatic imine (C=N–C) groups is 1. The highest BCUT2D eigenvalue weighted by atomic mass is 127. The van der Waals surface area contributed by atoms with Crippen LogP contribution in [-0.2, 0) is 4.74 Å². The van der Waals surface area contributed by atoms with Crippen molar-refractivity contribution in [1.29, 1.82) is 0 Å². The molecule has 1 aliphatic carbocycles. The molecule has 0 aromatic carbocycles. The van der Waals surface area contributed by atoms with Crippen LogP contribution in [0.5, 0.6) is 0 Å². The molecule has 0 aliphatic heterocycles. The van der Waals surface area contributed by atoms with Crippen molar-refractivity contribution in [2.45, 2.75) is 32.2 Å². The zero-order valence-electron chi connectivity index (χ0n) is 16.2. The second kappa shape index (κ2) is 14.1. The average molecular weight is 455 g/mol. The van der Waals surface area contributed by atoms with Crippen molar-refractivity contribution in [2.75, 3.05) is 67.6 Å². The molecule has 6 nitrogen and oxygen atoms in total. The topological polar surface area (TPSA) is 52.1 Å². The van der Waals surface area contributed by atoms with Crippen LogP contribution in [-0.4, -0.2) is 89.4 Å². The zero-order chi connectivity index (χ0) is 17.1. The smallest absolute Gasteiger partial charge is 0.191 e. The van der Waals surface area contributed by atoms with Gasteiger partial charge in [-0.25, -0.2) is 0 Å². The molecule has 1 atom stereocenters. The predicted octanol–water partition coefficient (Wildman–Crippen LogP) is 1.47. The van der Waals surface area contributed by atoms with Crippen molar-refractivity contribution in [3.05, 3.63) is 0 Å². The van der Waals surface area contributed by atoms with Gasteiger partial charge in [-0.05, 0) is 53.2 Å². The first-order valence-electron chi connectivity index (χ1n) is 8.94. The molecule has 1 aliphatic rings. The summed E-state index contributed by atoms with van der Waals surface area (Å²) < 4.78 is 5.09. The number of hydrogen-bond donors (Lipinski definition) is 2. The minimum absolute atomic E-state index is 0. The van der Waals surface area contributed by atoms with Crippen molar-refractivity contribution in [2.24, 2.45) is 10.9 Å². The fourth-order valence-corrected chi connectivity index (χ4v) is 2.70. The number of methoxy groups -OCH3 is 1. The number of ether oxygens (including phenoxy) is 1. The molecule has 0 heterocycles. The van der Waals surface area contributed by atoms with Crippen LogP contribution in [0, 0.1) is 5.92 Å². The van der Waals surface area contributed by atoms with Crippen molar-refractivity contribution < 1.29 is 4.74 Å². The van der Waals surface area contributed by atoms with Gasteiger partial charge < -0.3 is 25.2 Å². The van der Waals surface area contributed by atoms with E-state index < -0.39 is 0 Å². The predicted molar refractivity (Wildman–Crippen MR) is 114 cm³/mol. The highest BCUT2D eigenvalue weighted by Crippen LogP contribution is 2.34. The molecule has 0 saturated heterocycles. The van der Waals surface area contributed by atoms with Gasteiger partial charge in [0.05, 0.1) is 6.54 Å². The number of likely N-dealkylation sites (N-methyl/N-ethyl adjacent to an activating group) is 2. The van der Waals surface area contributed by atoms with Gasteiger partial charge >= 0.3 is 0 Å². The van der Waals surface area contributed by atoms with E-state index in [1.54, 1.807) is 7.11 Å². The second-order valence-corrected chi connectivity index (χ2v) is 6.66. The molecular weight excluding hydrogens is 417 g/mol. The largest absolute Gasteiger partial charge is 0.385 e. The lowest BCUT2D eigenvalue weighted by molar-refractivity contribution is 0.180. The minimum Gasteiger partial charge on any atom is -0.385 e. The molecule has 1 unspecified atom stereocenters. The molecule has 2 N–H and O–H groups in total. The Bertz CT molecular complexity index is 335. The molecule has 0 spiro atoms. The first kappa shape index (κ1) is 23.9. The van der Waals surface area contributed by atoms with Crippen LogP contribution in [0.25, 0.3) is 0 Å². The fourth-order valence-electron chi connectivity index (χ4n) is 2.70. The maximum Gasteiger partial charge on any atom is 0.191 e. The van der Waals surface area contributed by atoms with Gasteiger partial charge in [0.15, 0.2) is 5.96 Å². The molecule has 1 saturated carbocycles. The Hall–Kier alpha value is -0.120. The van der Waals surface area contributed by atoms with Crippen LogP contribution in [0.2, 0.25) is 0 Å². The molecule has 0 bridgehead atoms. The first-order valence-corrected chi connectivity index (χ1v) is 8.94. The number of hydrogen-bond acceptors (Lipinski definition) is 4. The molecule has 1 fully saturated rings. The van der Waals surface area contributed by atoms with Crippen LogP contribution >= 0.6 is 24.0 Å². The lowest BCUT2D eigenvalue weighted by Crippen LogP contribution is -2.42. The van der Waals surface area contributed by atoms with Crippen molar-refractivity contribution in [3.63, 3.8) is 0 Å². The normalized spacial score (nSPS) is 16.2. The highest BCUT2D eigenvalue weighted by Gasteiger charge is 2.32. The third kappa shape index (κ3) is 10.7. The van der Waals surface area contributed by atoms with Crippen molar-refractivity contribution in [1.82, 2.24) is 20.4 Å². The quantitative estimate of drug-likeness (QED) is 0.202. The van der Waals surface area contributed by atoms with Gasteiger partial charge in [-0.1, -0.05) is 0 Å². The Kier molecular flexibility index (Phi) is 14.0. The summed E-state index contributed by atoms with van der Waals surface area (Å²) in [4.78, 5) is 9.42. The third-order valence-electron chi connectivity index (χ3n) is 4.28. The highest BCUT2D eigenvalue weighted by molar-refractivity contribution is 14.0. The number of nitrogens with zero attached hydrogens (tertiary/aromatic N) is 3. The van der Waals surface area contributed by atoms with Crippen molar-refractivity contribution >= 4 is 29.9 Å². The standard InChI is InChI=1S/C17H37N5O.HI/c1-6-18-17(19-10-12-22(4)11-7-13-23-5)20-14-16(21(2)3)15-8-9-15;/h15-16H,6-14H2,1-5H3,(H2,18,19,20);1H. The van der Waals surface area contributed by atoms with Crippen LogP contribution in [0.1, 0.15) is 26.2 Å². The fraction of sp³-hybridized carbons (Fsp3) is 0.941. The monoisotopic (exact) mass is 455 g/mol. The molecule has 0 amide bonds.